The van der Waals surface area contributed by atoms with Gasteiger partial charge in [0.25, 0.3) is 5.91 Å². The van der Waals surface area contributed by atoms with Crippen LogP contribution >= 0.6 is 23.2 Å². The van der Waals surface area contributed by atoms with E-state index in [1.54, 1.807) is 12.3 Å². The first-order valence-electron chi connectivity index (χ1n) is 11.4. The van der Waals surface area contributed by atoms with Crippen molar-refractivity contribution in [3.8, 4) is 22.5 Å². The van der Waals surface area contributed by atoms with Crippen molar-refractivity contribution in [1.82, 2.24) is 19.9 Å². The fourth-order valence-corrected chi connectivity index (χ4v) is 4.13. The second-order valence-corrected chi connectivity index (χ2v) is 9.81. The molecule has 0 saturated heterocycles. The minimum Gasteiger partial charge on any atom is -0.382 e. The van der Waals surface area contributed by atoms with Crippen LogP contribution in [0.25, 0.3) is 28.2 Å². The third kappa shape index (κ3) is 4.61. The Morgan fingerprint density at radius 1 is 1.15 bits per heavy atom. The van der Waals surface area contributed by atoms with Crippen LogP contribution in [0.15, 0.2) is 54.7 Å². The standard InChI is InChI=1S/C26H25Cl2N5O/c1-15(2)13-29-22-12-21(19-4-3-5-20(27)24(19)28)32-33-23(14-30-25(22)33)16-6-8-17(9-7-16)26(34)31-18-10-11-18/h3-9,12,14-15,18,29H,10-11,13H2,1-2H3,(H,31,34). The molecule has 1 fully saturated rings. The van der Waals surface area contributed by atoms with Crippen LogP contribution in [-0.4, -0.2) is 33.1 Å². The first-order valence-corrected chi connectivity index (χ1v) is 12.1. The molecule has 0 spiro atoms. The fourth-order valence-electron chi connectivity index (χ4n) is 3.73. The van der Waals surface area contributed by atoms with Crippen LogP contribution < -0.4 is 10.6 Å². The van der Waals surface area contributed by atoms with Crippen molar-refractivity contribution in [3.05, 3.63) is 70.3 Å². The van der Waals surface area contributed by atoms with E-state index in [9.17, 15) is 4.79 Å². The van der Waals surface area contributed by atoms with Gasteiger partial charge in [-0.2, -0.15) is 5.10 Å². The van der Waals surface area contributed by atoms with Crippen LogP contribution in [0.4, 0.5) is 5.69 Å². The molecule has 1 aliphatic carbocycles. The van der Waals surface area contributed by atoms with Crippen molar-refractivity contribution in [1.29, 1.82) is 0 Å². The maximum atomic E-state index is 12.4. The molecular weight excluding hydrogens is 469 g/mol. The summed E-state index contributed by atoms with van der Waals surface area (Å²) in [4.78, 5) is 17.0. The Balaban J connectivity index is 1.58. The van der Waals surface area contributed by atoms with E-state index in [0.717, 1.165) is 41.9 Å². The highest BCUT2D eigenvalue weighted by Crippen LogP contribution is 2.35. The molecule has 0 bridgehead atoms. The third-order valence-electron chi connectivity index (χ3n) is 5.75. The highest BCUT2D eigenvalue weighted by Gasteiger charge is 2.24. The molecule has 1 saturated carbocycles. The molecule has 1 amide bonds. The van der Waals surface area contributed by atoms with E-state index in [1.807, 2.05) is 47.0 Å². The van der Waals surface area contributed by atoms with Gasteiger partial charge in [0.2, 0.25) is 0 Å². The molecule has 8 heteroatoms. The van der Waals surface area contributed by atoms with Crippen molar-refractivity contribution in [2.45, 2.75) is 32.7 Å². The summed E-state index contributed by atoms with van der Waals surface area (Å²) in [5, 5.41) is 12.3. The lowest BCUT2D eigenvalue weighted by Gasteiger charge is -2.13. The molecule has 0 radical (unpaired) electrons. The molecule has 2 N–H and O–H groups in total. The first-order chi connectivity index (χ1) is 16.4. The van der Waals surface area contributed by atoms with Crippen molar-refractivity contribution in [2.24, 2.45) is 5.92 Å². The number of hydrogen-bond donors (Lipinski definition) is 2. The summed E-state index contributed by atoms with van der Waals surface area (Å²) in [5.41, 5.74) is 5.38. The summed E-state index contributed by atoms with van der Waals surface area (Å²) in [6.45, 7) is 5.09. The lowest BCUT2D eigenvalue weighted by Crippen LogP contribution is -2.25. The Bertz CT molecular complexity index is 1360. The van der Waals surface area contributed by atoms with Gasteiger partial charge < -0.3 is 10.6 Å². The summed E-state index contributed by atoms with van der Waals surface area (Å²) in [7, 11) is 0. The zero-order chi connectivity index (χ0) is 23.8. The van der Waals surface area contributed by atoms with Crippen LogP contribution in [0.2, 0.25) is 10.0 Å². The number of hydrogen-bond acceptors (Lipinski definition) is 4. The van der Waals surface area contributed by atoms with E-state index in [0.29, 0.717) is 38.9 Å². The van der Waals surface area contributed by atoms with E-state index in [4.69, 9.17) is 28.3 Å². The number of amides is 1. The largest absolute Gasteiger partial charge is 0.382 e. The van der Waals surface area contributed by atoms with Crippen molar-refractivity contribution >= 4 is 40.4 Å². The van der Waals surface area contributed by atoms with Crippen molar-refractivity contribution < 1.29 is 4.79 Å². The summed E-state index contributed by atoms with van der Waals surface area (Å²) < 4.78 is 1.81. The molecule has 0 atom stereocenters. The minimum absolute atomic E-state index is 0.0385. The smallest absolute Gasteiger partial charge is 0.251 e. The number of rotatable bonds is 7. The molecule has 34 heavy (non-hydrogen) atoms. The Labute approximate surface area is 208 Å². The fraction of sp³-hybridized carbons (Fsp3) is 0.269. The van der Waals surface area contributed by atoms with Crippen molar-refractivity contribution in [3.63, 3.8) is 0 Å². The maximum absolute atomic E-state index is 12.4. The minimum atomic E-state index is -0.0385. The number of halogens is 2. The molecule has 1 aliphatic rings. The summed E-state index contributed by atoms with van der Waals surface area (Å²) >= 11 is 12.8. The Morgan fingerprint density at radius 2 is 1.91 bits per heavy atom. The molecule has 4 aromatic rings. The van der Waals surface area contributed by atoms with Gasteiger partial charge in [0.15, 0.2) is 5.65 Å². The number of benzene rings is 2. The average molecular weight is 494 g/mol. The Morgan fingerprint density at radius 3 is 2.62 bits per heavy atom. The molecular formula is C26H25Cl2N5O. The van der Waals surface area contributed by atoms with Gasteiger partial charge in [-0.05, 0) is 43.0 Å². The van der Waals surface area contributed by atoms with Crippen LogP contribution in [0.5, 0.6) is 0 Å². The van der Waals surface area contributed by atoms with E-state index in [1.165, 1.54) is 0 Å². The quantitative estimate of drug-likeness (QED) is 0.315. The highest BCUT2D eigenvalue weighted by molar-refractivity contribution is 6.43. The summed E-state index contributed by atoms with van der Waals surface area (Å²) in [5.74, 6) is 0.415. The number of anilines is 1. The molecule has 2 heterocycles. The number of carbonyl (C=O) groups excluding carboxylic acids is 1. The molecule has 174 valence electrons. The maximum Gasteiger partial charge on any atom is 0.251 e. The topological polar surface area (TPSA) is 71.3 Å². The predicted octanol–water partition coefficient (Wildman–Crippen LogP) is 6.33. The molecule has 2 aromatic carbocycles. The third-order valence-corrected chi connectivity index (χ3v) is 6.57. The van der Waals surface area contributed by atoms with Crippen LogP contribution in [0.1, 0.15) is 37.0 Å². The van der Waals surface area contributed by atoms with Gasteiger partial charge in [-0.15, -0.1) is 0 Å². The molecule has 0 aliphatic heterocycles. The average Bonchev–Trinajstić information content (AvgIpc) is 3.54. The Hall–Kier alpha value is -3.09. The second kappa shape index (κ2) is 9.28. The van der Waals surface area contributed by atoms with E-state index in [2.05, 4.69) is 29.5 Å². The summed E-state index contributed by atoms with van der Waals surface area (Å²) in [6.07, 6.45) is 3.92. The zero-order valence-corrected chi connectivity index (χ0v) is 20.5. The SMILES string of the molecule is CC(C)CNc1cc(-c2cccc(Cl)c2Cl)nn2c(-c3ccc(C(=O)NC4CC4)cc3)cnc12. The van der Waals surface area contributed by atoms with Crippen molar-refractivity contribution in [2.75, 3.05) is 11.9 Å². The number of carbonyl (C=O) groups is 1. The van der Waals surface area contributed by atoms with Gasteiger partial charge in [0, 0.05) is 29.3 Å². The monoisotopic (exact) mass is 493 g/mol. The van der Waals surface area contributed by atoms with Gasteiger partial charge in [-0.25, -0.2) is 9.50 Å². The van der Waals surface area contributed by atoms with Crippen LogP contribution in [-0.2, 0) is 0 Å². The Kier molecular flexibility index (Phi) is 6.19. The number of imidazole rings is 1. The lowest BCUT2D eigenvalue weighted by molar-refractivity contribution is 0.0951. The van der Waals surface area contributed by atoms with Gasteiger partial charge in [-0.3, -0.25) is 4.79 Å². The number of nitrogens with zero attached hydrogens (tertiary/aromatic N) is 3. The molecule has 5 rings (SSSR count). The number of aromatic nitrogens is 3. The summed E-state index contributed by atoms with van der Waals surface area (Å²) in [6, 6.07) is 15.3. The number of fused-ring (bicyclic) bond motifs is 1. The van der Waals surface area contributed by atoms with E-state index >= 15 is 0 Å². The zero-order valence-electron chi connectivity index (χ0n) is 19.0. The van der Waals surface area contributed by atoms with Gasteiger partial charge in [0.05, 0.1) is 33.3 Å². The van der Waals surface area contributed by atoms with E-state index in [-0.39, 0.29) is 5.91 Å². The first kappa shape index (κ1) is 22.7. The van der Waals surface area contributed by atoms with Crippen LogP contribution in [0, 0.1) is 5.92 Å². The highest BCUT2D eigenvalue weighted by atomic mass is 35.5. The predicted molar refractivity (Wildman–Crippen MR) is 138 cm³/mol. The molecule has 0 unspecified atom stereocenters. The van der Waals surface area contributed by atoms with Crippen LogP contribution in [0.3, 0.4) is 0 Å². The van der Waals surface area contributed by atoms with Gasteiger partial charge in [-0.1, -0.05) is 61.3 Å². The molecule has 2 aromatic heterocycles. The van der Waals surface area contributed by atoms with Gasteiger partial charge in [0.1, 0.15) is 0 Å². The lowest BCUT2D eigenvalue weighted by atomic mass is 10.1. The number of nitrogens with one attached hydrogen (secondary N) is 2. The van der Waals surface area contributed by atoms with Gasteiger partial charge >= 0.3 is 0 Å². The van der Waals surface area contributed by atoms with E-state index < -0.39 is 0 Å². The normalized spacial score (nSPS) is 13.4. The molecule has 6 nitrogen and oxygen atoms in total. The second-order valence-electron chi connectivity index (χ2n) is 9.02.